The van der Waals surface area contributed by atoms with E-state index in [2.05, 4.69) is 0 Å². The highest BCUT2D eigenvalue weighted by molar-refractivity contribution is 5.72. The Morgan fingerprint density at radius 3 is 2.73 bits per heavy atom. The second-order valence-corrected chi connectivity index (χ2v) is 2.84. The average molecular weight is 158 g/mol. The van der Waals surface area contributed by atoms with Crippen LogP contribution in [0.25, 0.3) is 0 Å². The molecule has 0 unspecified atom stereocenters. The Morgan fingerprint density at radius 2 is 2.36 bits per heavy atom. The highest BCUT2D eigenvalue weighted by atomic mass is 16.5. The molecule has 0 aliphatic carbocycles. The number of carbonyl (C=O) groups is 1. The monoisotopic (exact) mass is 158 g/mol. The van der Waals surface area contributed by atoms with Crippen LogP contribution in [0.4, 0.5) is 0 Å². The van der Waals surface area contributed by atoms with Gasteiger partial charge in [0.25, 0.3) is 0 Å². The molecular formula is C8H14O3. The van der Waals surface area contributed by atoms with Gasteiger partial charge in [-0.2, -0.15) is 0 Å². The lowest BCUT2D eigenvalue weighted by molar-refractivity contribution is -0.156. The lowest BCUT2D eigenvalue weighted by Crippen LogP contribution is -2.37. The van der Waals surface area contributed by atoms with Crippen LogP contribution < -0.4 is 0 Å². The van der Waals surface area contributed by atoms with Gasteiger partial charge < -0.3 is 9.47 Å². The van der Waals surface area contributed by atoms with E-state index in [1.165, 1.54) is 0 Å². The van der Waals surface area contributed by atoms with E-state index < -0.39 is 0 Å². The van der Waals surface area contributed by atoms with Crippen LogP contribution in [0.2, 0.25) is 0 Å². The summed E-state index contributed by atoms with van der Waals surface area (Å²) in [7, 11) is 0. The average Bonchev–Trinajstić information content (AvgIpc) is 1.84. The highest BCUT2D eigenvalue weighted by Crippen LogP contribution is 2.21. The third kappa shape index (κ3) is 1.93. The summed E-state index contributed by atoms with van der Waals surface area (Å²) in [4.78, 5) is 11.1. The summed E-state index contributed by atoms with van der Waals surface area (Å²) in [6, 6.07) is 0. The third-order valence-corrected chi connectivity index (χ3v) is 2.03. The van der Waals surface area contributed by atoms with Crippen molar-refractivity contribution in [3.8, 4) is 0 Å². The fraction of sp³-hybridized carbons (Fsp3) is 0.875. The summed E-state index contributed by atoms with van der Waals surface area (Å²) in [5.74, 6) is 0.290. The van der Waals surface area contributed by atoms with Crippen molar-refractivity contribution in [1.29, 1.82) is 0 Å². The molecule has 0 bridgehead atoms. The summed E-state index contributed by atoms with van der Waals surface area (Å²) in [5, 5.41) is 0. The van der Waals surface area contributed by atoms with Crippen LogP contribution in [0.1, 0.15) is 13.8 Å². The van der Waals surface area contributed by atoms with Crippen molar-refractivity contribution < 1.29 is 14.3 Å². The molecule has 1 saturated heterocycles. The first-order valence-corrected chi connectivity index (χ1v) is 4.00. The summed E-state index contributed by atoms with van der Waals surface area (Å²) in [6.07, 6.45) is 0. The number of esters is 1. The van der Waals surface area contributed by atoms with E-state index in [-0.39, 0.29) is 11.9 Å². The van der Waals surface area contributed by atoms with Gasteiger partial charge in [-0.05, 0) is 6.92 Å². The van der Waals surface area contributed by atoms with Gasteiger partial charge in [-0.15, -0.1) is 0 Å². The molecule has 3 nitrogen and oxygen atoms in total. The van der Waals surface area contributed by atoms with Crippen LogP contribution in [0.15, 0.2) is 0 Å². The predicted octanol–water partition coefficient (Wildman–Crippen LogP) is 0.832. The number of hydrogen-bond donors (Lipinski definition) is 0. The van der Waals surface area contributed by atoms with Gasteiger partial charge in [0, 0.05) is 5.92 Å². The van der Waals surface area contributed by atoms with Crippen molar-refractivity contribution in [2.45, 2.75) is 13.8 Å². The smallest absolute Gasteiger partial charge is 0.309 e. The van der Waals surface area contributed by atoms with Crippen molar-refractivity contribution in [3.05, 3.63) is 0 Å². The summed E-state index contributed by atoms with van der Waals surface area (Å²) >= 11 is 0. The Hall–Kier alpha value is -0.570. The number of hydrogen-bond acceptors (Lipinski definition) is 3. The second-order valence-electron chi connectivity index (χ2n) is 2.84. The maximum Gasteiger partial charge on any atom is 0.309 e. The molecule has 0 aromatic carbocycles. The maximum absolute atomic E-state index is 11.1. The first kappa shape index (κ1) is 8.53. The summed E-state index contributed by atoms with van der Waals surface area (Å²) in [5.41, 5.74) is 0. The SMILES string of the molecule is CCOC(=O)[C@H](C)C1COC1. The van der Waals surface area contributed by atoms with Gasteiger partial charge in [0.2, 0.25) is 0 Å². The molecule has 11 heavy (non-hydrogen) atoms. The second kappa shape index (κ2) is 3.72. The Morgan fingerprint density at radius 1 is 1.73 bits per heavy atom. The van der Waals surface area contributed by atoms with Crippen molar-refractivity contribution in [2.24, 2.45) is 11.8 Å². The molecule has 64 valence electrons. The van der Waals surface area contributed by atoms with Gasteiger partial charge in [0.1, 0.15) is 0 Å². The zero-order chi connectivity index (χ0) is 8.27. The molecule has 1 fully saturated rings. The fourth-order valence-electron chi connectivity index (χ4n) is 1.01. The predicted molar refractivity (Wildman–Crippen MR) is 40.1 cm³/mol. The van der Waals surface area contributed by atoms with Crippen molar-refractivity contribution >= 4 is 5.97 Å². The molecular weight excluding hydrogens is 144 g/mol. The van der Waals surface area contributed by atoms with Gasteiger partial charge >= 0.3 is 5.97 Å². The maximum atomic E-state index is 11.1. The number of ether oxygens (including phenoxy) is 2. The lowest BCUT2D eigenvalue weighted by Gasteiger charge is -2.29. The quantitative estimate of drug-likeness (QED) is 0.571. The summed E-state index contributed by atoms with van der Waals surface area (Å²) in [6.45, 7) is 5.60. The molecule has 1 aliphatic heterocycles. The summed E-state index contributed by atoms with van der Waals surface area (Å²) < 4.78 is 9.84. The molecule has 0 amide bonds. The topological polar surface area (TPSA) is 35.5 Å². The molecule has 1 heterocycles. The van der Waals surface area contributed by atoms with Crippen molar-refractivity contribution in [2.75, 3.05) is 19.8 Å². The van der Waals surface area contributed by atoms with Crippen LogP contribution in [-0.4, -0.2) is 25.8 Å². The van der Waals surface area contributed by atoms with E-state index >= 15 is 0 Å². The van der Waals surface area contributed by atoms with E-state index in [0.29, 0.717) is 25.7 Å². The van der Waals surface area contributed by atoms with Gasteiger partial charge in [-0.3, -0.25) is 4.79 Å². The Bertz CT molecular complexity index is 140. The normalized spacial score (nSPS) is 20.5. The number of carbonyl (C=O) groups excluding carboxylic acids is 1. The van der Waals surface area contributed by atoms with E-state index in [1.54, 1.807) is 0 Å². The van der Waals surface area contributed by atoms with E-state index in [9.17, 15) is 4.79 Å². The highest BCUT2D eigenvalue weighted by Gasteiger charge is 2.30. The van der Waals surface area contributed by atoms with Gasteiger partial charge in [-0.25, -0.2) is 0 Å². The molecule has 1 rings (SSSR count). The first-order chi connectivity index (χ1) is 5.25. The van der Waals surface area contributed by atoms with Gasteiger partial charge in [0.15, 0.2) is 0 Å². The van der Waals surface area contributed by atoms with Crippen LogP contribution >= 0.6 is 0 Å². The zero-order valence-corrected chi connectivity index (χ0v) is 7.00. The van der Waals surface area contributed by atoms with E-state index in [0.717, 1.165) is 0 Å². The Balaban J connectivity index is 2.27. The minimum Gasteiger partial charge on any atom is -0.466 e. The van der Waals surface area contributed by atoms with Crippen molar-refractivity contribution in [3.63, 3.8) is 0 Å². The fourth-order valence-corrected chi connectivity index (χ4v) is 1.01. The molecule has 1 aliphatic rings. The van der Waals surface area contributed by atoms with Gasteiger partial charge in [-0.1, -0.05) is 6.92 Å². The Labute approximate surface area is 66.7 Å². The van der Waals surface area contributed by atoms with Gasteiger partial charge in [0.05, 0.1) is 25.7 Å². The van der Waals surface area contributed by atoms with Crippen molar-refractivity contribution in [1.82, 2.24) is 0 Å². The van der Waals surface area contributed by atoms with Crippen LogP contribution in [-0.2, 0) is 14.3 Å². The molecule has 0 aromatic rings. The number of rotatable bonds is 3. The molecule has 0 N–H and O–H groups in total. The molecule has 0 spiro atoms. The Kier molecular flexibility index (Phi) is 2.88. The van der Waals surface area contributed by atoms with Crippen LogP contribution in [0, 0.1) is 11.8 Å². The van der Waals surface area contributed by atoms with Crippen LogP contribution in [0.3, 0.4) is 0 Å². The molecule has 0 saturated carbocycles. The van der Waals surface area contributed by atoms with E-state index in [4.69, 9.17) is 9.47 Å². The standard InChI is InChI=1S/C8H14O3/c1-3-11-8(9)6(2)7-4-10-5-7/h6-7H,3-5H2,1-2H3/t6-/m1/s1. The third-order valence-electron chi connectivity index (χ3n) is 2.03. The molecule has 3 heteroatoms. The zero-order valence-electron chi connectivity index (χ0n) is 7.00. The first-order valence-electron chi connectivity index (χ1n) is 4.00. The lowest BCUT2D eigenvalue weighted by atomic mass is 9.93. The van der Waals surface area contributed by atoms with E-state index in [1.807, 2.05) is 13.8 Å². The largest absolute Gasteiger partial charge is 0.466 e. The minimum atomic E-state index is -0.0965. The molecule has 0 radical (unpaired) electrons. The molecule has 1 atom stereocenters. The van der Waals surface area contributed by atoms with Crippen LogP contribution in [0.5, 0.6) is 0 Å². The molecule has 0 aromatic heterocycles. The minimum absolute atomic E-state index is 0.00343.